The van der Waals surface area contributed by atoms with Crippen molar-refractivity contribution in [2.75, 3.05) is 7.11 Å². The van der Waals surface area contributed by atoms with Crippen molar-refractivity contribution in [2.45, 2.75) is 0 Å². The number of methoxy groups -OCH3 is 1. The van der Waals surface area contributed by atoms with Crippen LogP contribution in [-0.2, 0) is 0 Å². The van der Waals surface area contributed by atoms with E-state index in [1.807, 2.05) is 18.2 Å². The molecule has 82 valence electrons. The average Bonchev–Trinajstić information content (AvgIpc) is 2.36. The van der Waals surface area contributed by atoms with E-state index in [4.69, 9.17) is 10.6 Å². The molecule has 5 heteroatoms. The van der Waals surface area contributed by atoms with E-state index in [0.29, 0.717) is 11.3 Å². The van der Waals surface area contributed by atoms with E-state index >= 15 is 0 Å². The van der Waals surface area contributed by atoms with Gasteiger partial charge in [-0.25, -0.2) is 5.84 Å². The van der Waals surface area contributed by atoms with Crippen molar-refractivity contribution in [3.05, 3.63) is 36.0 Å². The van der Waals surface area contributed by atoms with Crippen molar-refractivity contribution in [3.63, 3.8) is 0 Å². The van der Waals surface area contributed by atoms with Gasteiger partial charge in [0.2, 0.25) is 0 Å². The third kappa shape index (κ3) is 1.68. The number of amides is 1. The van der Waals surface area contributed by atoms with Crippen molar-refractivity contribution in [1.29, 1.82) is 0 Å². The molecule has 16 heavy (non-hydrogen) atoms. The van der Waals surface area contributed by atoms with E-state index < -0.39 is 0 Å². The second-order valence-electron chi connectivity index (χ2n) is 3.23. The fourth-order valence-corrected chi connectivity index (χ4v) is 1.51. The standard InChI is InChI=1S/C11H11N3O2/c1-16-9-4-2-3-7-5-8(11(15)14-12)6-13-10(7)9/h2-6H,12H2,1H3,(H,14,15). The first-order valence-electron chi connectivity index (χ1n) is 4.70. The normalized spacial score (nSPS) is 10.1. The molecule has 5 nitrogen and oxygen atoms in total. The minimum absolute atomic E-state index is 0.364. The molecule has 2 rings (SSSR count). The van der Waals surface area contributed by atoms with Crippen LogP contribution in [0.2, 0.25) is 0 Å². The van der Waals surface area contributed by atoms with E-state index in [1.165, 1.54) is 6.20 Å². The Labute approximate surface area is 92.2 Å². The summed E-state index contributed by atoms with van der Waals surface area (Å²) in [5, 5.41) is 0.834. The molecule has 0 unspecified atom stereocenters. The number of hydrazine groups is 1. The molecule has 0 bridgehead atoms. The molecule has 0 atom stereocenters. The number of benzene rings is 1. The number of ether oxygens (including phenoxy) is 1. The molecule has 0 aliphatic heterocycles. The van der Waals surface area contributed by atoms with Crippen LogP contribution in [-0.4, -0.2) is 18.0 Å². The SMILES string of the molecule is COc1cccc2cc(C(=O)NN)cnc12. The van der Waals surface area contributed by atoms with Crippen molar-refractivity contribution < 1.29 is 9.53 Å². The predicted octanol–water partition coefficient (Wildman–Crippen LogP) is 0.847. The van der Waals surface area contributed by atoms with Crippen LogP contribution >= 0.6 is 0 Å². The summed E-state index contributed by atoms with van der Waals surface area (Å²) in [5.74, 6) is 5.37. The predicted molar refractivity (Wildman–Crippen MR) is 59.9 cm³/mol. The number of nitrogens with zero attached hydrogens (tertiary/aromatic N) is 1. The first kappa shape index (κ1) is 10.4. The average molecular weight is 217 g/mol. The van der Waals surface area contributed by atoms with Crippen LogP contribution in [0.3, 0.4) is 0 Å². The number of hydrogen-bond donors (Lipinski definition) is 2. The molecule has 0 radical (unpaired) electrons. The number of fused-ring (bicyclic) bond motifs is 1. The number of pyridine rings is 1. The van der Waals surface area contributed by atoms with Crippen LogP contribution in [0.4, 0.5) is 0 Å². The Hall–Kier alpha value is -2.14. The van der Waals surface area contributed by atoms with E-state index in [-0.39, 0.29) is 5.91 Å². The summed E-state index contributed by atoms with van der Waals surface area (Å²) in [4.78, 5) is 15.5. The highest BCUT2D eigenvalue weighted by atomic mass is 16.5. The van der Waals surface area contributed by atoms with Crippen LogP contribution in [0.25, 0.3) is 10.9 Å². The van der Waals surface area contributed by atoms with E-state index in [0.717, 1.165) is 10.9 Å². The molecule has 0 saturated heterocycles. The van der Waals surface area contributed by atoms with Gasteiger partial charge < -0.3 is 4.74 Å². The molecule has 0 aliphatic carbocycles. The largest absolute Gasteiger partial charge is 0.494 e. The number of nitrogen functional groups attached to an aromatic ring is 1. The lowest BCUT2D eigenvalue weighted by Crippen LogP contribution is -2.30. The zero-order valence-electron chi connectivity index (χ0n) is 8.73. The molecule has 3 N–H and O–H groups in total. The molecule has 0 spiro atoms. The van der Waals surface area contributed by atoms with Gasteiger partial charge in [0.05, 0.1) is 12.7 Å². The second kappa shape index (κ2) is 4.16. The first-order valence-corrected chi connectivity index (χ1v) is 4.70. The molecule has 1 aromatic carbocycles. The molecule has 2 aromatic rings. The van der Waals surface area contributed by atoms with Gasteiger partial charge in [0.15, 0.2) is 0 Å². The Balaban J connectivity index is 2.59. The van der Waals surface area contributed by atoms with Gasteiger partial charge in [-0.15, -0.1) is 0 Å². The summed E-state index contributed by atoms with van der Waals surface area (Å²) < 4.78 is 5.17. The number of rotatable bonds is 2. The highest BCUT2D eigenvalue weighted by molar-refractivity contribution is 5.97. The number of aromatic nitrogens is 1. The van der Waals surface area contributed by atoms with Gasteiger partial charge in [-0.3, -0.25) is 15.2 Å². The van der Waals surface area contributed by atoms with Gasteiger partial charge in [-0.05, 0) is 12.1 Å². The fraction of sp³-hybridized carbons (Fsp3) is 0.0909. The van der Waals surface area contributed by atoms with Gasteiger partial charge in [0, 0.05) is 11.6 Å². The fourth-order valence-electron chi connectivity index (χ4n) is 1.51. The Morgan fingerprint density at radius 1 is 1.50 bits per heavy atom. The molecule has 0 aliphatic rings. The maximum atomic E-state index is 11.3. The third-order valence-corrected chi connectivity index (χ3v) is 2.29. The lowest BCUT2D eigenvalue weighted by Gasteiger charge is -2.05. The number of para-hydroxylation sites is 1. The van der Waals surface area contributed by atoms with Gasteiger partial charge in [-0.1, -0.05) is 12.1 Å². The van der Waals surface area contributed by atoms with Crippen molar-refractivity contribution in [2.24, 2.45) is 5.84 Å². The molecular formula is C11H11N3O2. The highest BCUT2D eigenvalue weighted by Gasteiger charge is 2.07. The summed E-state index contributed by atoms with van der Waals surface area (Å²) in [5.41, 5.74) is 3.20. The number of carbonyl (C=O) groups excluding carboxylic acids is 1. The second-order valence-corrected chi connectivity index (χ2v) is 3.23. The highest BCUT2D eigenvalue weighted by Crippen LogP contribution is 2.23. The summed E-state index contributed by atoms with van der Waals surface area (Å²) in [6, 6.07) is 7.23. The van der Waals surface area contributed by atoms with Crippen molar-refractivity contribution >= 4 is 16.8 Å². The van der Waals surface area contributed by atoms with Crippen LogP contribution in [0, 0.1) is 0 Å². The Kier molecular flexibility index (Phi) is 2.70. The Bertz CT molecular complexity index is 540. The quantitative estimate of drug-likeness (QED) is 0.444. The summed E-state index contributed by atoms with van der Waals surface area (Å²) in [7, 11) is 1.58. The number of carbonyl (C=O) groups is 1. The van der Waals surface area contributed by atoms with E-state index in [2.05, 4.69) is 10.4 Å². The Morgan fingerprint density at radius 3 is 3.00 bits per heavy atom. The van der Waals surface area contributed by atoms with E-state index in [9.17, 15) is 4.79 Å². The topological polar surface area (TPSA) is 77.2 Å². The van der Waals surface area contributed by atoms with Crippen LogP contribution in [0.15, 0.2) is 30.5 Å². The number of nitrogens with two attached hydrogens (primary N) is 1. The van der Waals surface area contributed by atoms with Gasteiger partial charge >= 0.3 is 0 Å². The van der Waals surface area contributed by atoms with E-state index in [1.54, 1.807) is 13.2 Å². The first-order chi connectivity index (χ1) is 7.76. The molecular weight excluding hydrogens is 206 g/mol. The van der Waals surface area contributed by atoms with Gasteiger partial charge in [-0.2, -0.15) is 0 Å². The lowest BCUT2D eigenvalue weighted by atomic mass is 10.1. The van der Waals surface area contributed by atoms with Gasteiger partial charge in [0.1, 0.15) is 11.3 Å². The summed E-state index contributed by atoms with van der Waals surface area (Å²) in [6.07, 6.45) is 1.47. The summed E-state index contributed by atoms with van der Waals surface area (Å²) >= 11 is 0. The monoisotopic (exact) mass is 217 g/mol. The zero-order chi connectivity index (χ0) is 11.5. The smallest absolute Gasteiger partial charge is 0.266 e. The number of hydrogen-bond acceptors (Lipinski definition) is 4. The molecule has 0 saturated carbocycles. The molecule has 1 aromatic heterocycles. The number of nitrogens with one attached hydrogen (secondary N) is 1. The molecule has 1 heterocycles. The Morgan fingerprint density at radius 2 is 2.31 bits per heavy atom. The minimum atomic E-state index is -0.364. The van der Waals surface area contributed by atoms with Crippen LogP contribution in [0.1, 0.15) is 10.4 Å². The third-order valence-electron chi connectivity index (χ3n) is 2.29. The maximum Gasteiger partial charge on any atom is 0.266 e. The minimum Gasteiger partial charge on any atom is -0.494 e. The summed E-state index contributed by atoms with van der Waals surface area (Å²) in [6.45, 7) is 0. The molecule has 1 amide bonds. The van der Waals surface area contributed by atoms with Crippen molar-refractivity contribution in [1.82, 2.24) is 10.4 Å². The lowest BCUT2D eigenvalue weighted by molar-refractivity contribution is 0.0953. The maximum absolute atomic E-state index is 11.3. The van der Waals surface area contributed by atoms with Crippen LogP contribution < -0.4 is 16.0 Å². The van der Waals surface area contributed by atoms with Crippen LogP contribution in [0.5, 0.6) is 5.75 Å². The molecule has 0 fully saturated rings. The van der Waals surface area contributed by atoms with Crippen molar-refractivity contribution in [3.8, 4) is 5.75 Å². The zero-order valence-corrected chi connectivity index (χ0v) is 8.73. The van der Waals surface area contributed by atoms with Gasteiger partial charge in [0.25, 0.3) is 5.91 Å².